The maximum atomic E-state index is 13.3. The van der Waals surface area contributed by atoms with E-state index >= 15 is 0 Å². The third-order valence-corrected chi connectivity index (χ3v) is 3.72. The van der Waals surface area contributed by atoms with Crippen molar-refractivity contribution in [3.8, 4) is 22.8 Å². The smallest absolute Gasteiger partial charge is 0.364 e. The molecule has 142 valence electrons. The monoisotopic (exact) mass is 387 g/mol. The highest BCUT2D eigenvalue weighted by Gasteiger charge is 2.32. The minimum Gasteiger partial charge on any atom is -0.364 e. The molecule has 11 heteroatoms. The van der Waals surface area contributed by atoms with E-state index in [4.69, 9.17) is 4.52 Å². The number of halogens is 3. The largest absolute Gasteiger partial charge is 0.416 e. The van der Waals surface area contributed by atoms with Gasteiger partial charge in [0, 0.05) is 31.6 Å². The van der Waals surface area contributed by atoms with Gasteiger partial charge in [0.1, 0.15) is 12.0 Å². The number of nitrogens with zero attached hydrogens (tertiary/aromatic N) is 6. The Morgan fingerprint density at radius 1 is 1.00 bits per heavy atom. The molecule has 0 radical (unpaired) electrons. The second-order valence-corrected chi connectivity index (χ2v) is 5.77. The second kappa shape index (κ2) is 6.76. The van der Waals surface area contributed by atoms with Crippen molar-refractivity contribution in [1.82, 2.24) is 29.9 Å². The van der Waals surface area contributed by atoms with Crippen LogP contribution < -0.4 is 5.32 Å². The molecule has 4 aromatic heterocycles. The molecule has 4 rings (SSSR count). The van der Waals surface area contributed by atoms with Gasteiger partial charge in [-0.05, 0) is 18.2 Å². The minimum atomic E-state index is -4.56. The van der Waals surface area contributed by atoms with Crippen LogP contribution in [-0.4, -0.2) is 29.9 Å². The van der Waals surface area contributed by atoms with E-state index in [1.165, 1.54) is 24.6 Å². The molecular formula is C17H12F3N7O. The molecule has 4 heterocycles. The Morgan fingerprint density at radius 3 is 2.43 bits per heavy atom. The molecule has 0 spiro atoms. The molecule has 1 N–H and O–H groups in total. The molecule has 0 saturated heterocycles. The van der Waals surface area contributed by atoms with Crippen LogP contribution in [0.1, 0.15) is 5.56 Å². The van der Waals surface area contributed by atoms with E-state index in [0.29, 0.717) is 5.82 Å². The maximum Gasteiger partial charge on any atom is 0.416 e. The molecule has 0 bridgehead atoms. The number of anilines is 2. The lowest BCUT2D eigenvalue weighted by molar-refractivity contribution is -0.137. The Hall–Kier alpha value is -3.76. The first kappa shape index (κ1) is 17.6. The molecule has 0 aliphatic heterocycles. The standard InChI is InChI=1S/C17H12F3N7O/c1-27-6-3-15(25-27)24-16-21-5-2-11(23-16)13-8-10(17(18,19)20)9-14(22-13)12-4-7-28-26-12/h2-9H,1H3,(H,21,23,24,25). The highest BCUT2D eigenvalue weighted by Crippen LogP contribution is 2.34. The quantitative estimate of drug-likeness (QED) is 0.571. The summed E-state index contributed by atoms with van der Waals surface area (Å²) in [6.07, 6.45) is -0.148. The van der Waals surface area contributed by atoms with Gasteiger partial charge in [-0.15, -0.1) is 0 Å². The molecule has 0 aliphatic carbocycles. The Bertz CT molecular complexity index is 1110. The second-order valence-electron chi connectivity index (χ2n) is 5.77. The van der Waals surface area contributed by atoms with E-state index in [-0.39, 0.29) is 28.7 Å². The molecule has 0 unspecified atom stereocenters. The topological polar surface area (TPSA) is 94.6 Å². The number of aryl methyl sites for hydroxylation is 1. The fourth-order valence-electron chi connectivity index (χ4n) is 2.46. The third kappa shape index (κ3) is 3.68. The van der Waals surface area contributed by atoms with Gasteiger partial charge >= 0.3 is 6.18 Å². The van der Waals surface area contributed by atoms with Crippen molar-refractivity contribution in [2.24, 2.45) is 7.05 Å². The number of aromatic nitrogens is 6. The molecule has 8 nitrogen and oxygen atoms in total. The zero-order valence-corrected chi connectivity index (χ0v) is 14.3. The van der Waals surface area contributed by atoms with Gasteiger partial charge in [0.15, 0.2) is 5.82 Å². The number of pyridine rings is 1. The SMILES string of the molecule is Cn1ccc(Nc2nccc(-c3cc(C(F)(F)F)cc(-c4ccon4)n3)n2)n1. The van der Waals surface area contributed by atoms with Gasteiger partial charge in [0.2, 0.25) is 5.95 Å². The molecule has 4 aromatic rings. The van der Waals surface area contributed by atoms with Crippen molar-refractivity contribution in [2.75, 3.05) is 5.32 Å². The van der Waals surface area contributed by atoms with Crippen molar-refractivity contribution in [3.63, 3.8) is 0 Å². The van der Waals surface area contributed by atoms with Crippen LogP contribution in [0.15, 0.2) is 53.5 Å². The van der Waals surface area contributed by atoms with Gasteiger partial charge in [-0.25, -0.2) is 15.0 Å². The fraction of sp³-hybridized carbons (Fsp3) is 0.118. The van der Waals surface area contributed by atoms with Gasteiger partial charge < -0.3 is 9.84 Å². The molecule has 0 fully saturated rings. The Labute approximate surface area is 156 Å². The summed E-state index contributed by atoms with van der Waals surface area (Å²) in [6.45, 7) is 0. The third-order valence-electron chi connectivity index (χ3n) is 3.72. The van der Waals surface area contributed by atoms with E-state index in [1.54, 1.807) is 24.0 Å². The van der Waals surface area contributed by atoms with Crippen molar-refractivity contribution in [3.05, 3.63) is 54.6 Å². The molecule has 28 heavy (non-hydrogen) atoms. The molecule has 0 aromatic carbocycles. The molecule has 0 amide bonds. The van der Waals surface area contributed by atoms with Crippen LogP contribution in [0.2, 0.25) is 0 Å². The van der Waals surface area contributed by atoms with Crippen molar-refractivity contribution in [1.29, 1.82) is 0 Å². The lowest BCUT2D eigenvalue weighted by Crippen LogP contribution is -2.07. The van der Waals surface area contributed by atoms with Gasteiger partial charge in [-0.2, -0.15) is 18.3 Å². The van der Waals surface area contributed by atoms with Crippen LogP contribution in [0.3, 0.4) is 0 Å². The van der Waals surface area contributed by atoms with Crippen molar-refractivity contribution >= 4 is 11.8 Å². The maximum absolute atomic E-state index is 13.3. The molecule has 0 saturated carbocycles. The van der Waals surface area contributed by atoms with E-state index in [0.717, 1.165) is 12.1 Å². The summed E-state index contributed by atoms with van der Waals surface area (Å²) in [4.78, 5) is 12.6. The van der Waals surface area contributed by atoms with Crippen LogP contribution in [0.4, 0.5) is 24.9 Å². The normalized spacial score (nSPS) is 11.6. The first-order valence-electron chi connectivity index (χ1n) is 7.98. The number of hydrogen-bond donors (Lipinski definition) is 1. The zero-order chi connectivity index (χ0) is 19.7. The highest BCUT2D eigenvalue weighted by atomic mass is 19.4. The Kier molecular flexibility index (Phi) is 4.26. The van der Waals surface area contributed by atoms with E-state index < -0.39 is 11.7 Å². The lowest BCUT2D eigenvalue weighted by Gasteiger charge is -2.11. The predicted molar refractivity (Wildman–Crippen MR) is 92.3 cm³/mol. The molecule has 0 atom stereocenters. The van der Waals surface area contributed by atoms with E-state index in [2.05, 4.69) is 30.5 Å². The van der Waals surface area contributed by atoms with Crippen LogP contribution in [0, 0.1) is 0 Å². The minimum absolute atomic E-state index is 0.0245. The van der Waals surface area contributed by atoms with Crippen LogP contribution in [0.5, 0.6) is 0 Å². The van der Waals surface area contributed by atoms with Crippen LogP contribution >= 0.6 is 0 Å². The molecule has 0 aliphatic rings. The number of hydrogen-bond acceptors (Lipinski definition) is 7. The van der Waals surface area contributed by atoms with Crippen molar-refractivity contribution in [2.45, 2.75) is 6.18 Å². The fourth-order valence-corrected chi connectivity index (χ4v) is 2.46. The van der Waals surface area contributed by atoms with Crippen molar-refractivity contribution < 1.29 is 17.7 Å². The van der Waals surface area contributed by atoms with Crippen LogP contribution in [-0.2, 0) is 13.2 Å². The summed E-state index contributed by atoms with van der Waals surface area (Å²) in [5, 5.41) is 10.7. The van der Waals surface area contributed by atoms with Gasteiger partial charge in [0.25, 0.3) is 0 Å². The first-order chi connectivity index (χ1) is 13.4. The first-order valence-corrected chi connectivity index (χ1v) is 7.98. The summed E-state index contributed by atoms with van der Waals surface area (Å²) in [5.74, 6) is 0.679. The van der Waals surface area contributed by atoms with E-state index in [1.807, 2.05) is 0 Å². The lowest BCUT2D eigenvalue weighted by atomic mass is 10.1. The predicted octanol–water partition coefficient (Wildman–Crippen LogP) is 3.69. The summed E-state index contributed by atoms with van der Waals surface area (Å²) < 4.78 is 46.3. The number of rotatable bonds is 4. The van der Waals surface area contributed by atoms with E-state index in [9.17, 15) is 13.2 Å². The van der Waals surface area contributed by atoms with Gasteiger partial charge in [0.05, 0.1) is 22.6 Å². The van der Waals surface area contributed by atoms with Gasteiger partial charge in [-0.3, -0.25) is 4.68 Å². The average Bonchev–Trinajstić information content (AvgIpc) is 3.33. The number of alkyl halides is 3. The Morgan fingerprint density at radius 2 is 1.79 bits per heavy atom. The summed E-state index contributed by atoms with van der Waals surface area (Å²) in [7, 11) is 1.75. The summed E-state index contributed by atoms with van der Waals surface area (Å²) in [6, 6.07) is 6.45. The Balaban J connectivity index is 1.76. The van der Waals surface area contributed by atoms with Gasteiger partial charge in [-0.1, -0.05) is 5.16 Å². The summed E-state index contributed by atoms with van der Waals surface area (Å²) in [5.41, 5.74) is -0.415. The number of nitrogens with one attached hydrogen (secondary N) is 1. The zero-order valence-electron chi connectivity index (χ0n) is 14.3. The molecular weight excluding hydrogens is 375 g/mol. The van der Waals surface area contributed by atoms with Crippen LogP contribution in [0.25, 0.3) is 22.8 Å². The average molecular weight is 387 g/mol. The highest BCUT2D eigenvalue weighted by molar-refractivity contribution is 5.64. The summed E-state index contributed by atoms with van der Waals surface area (Å²) >= 11 is 0.